The van der Waals surface area contributed by atoms with Crippen molar-refractivity contribution in [1.82, 2.24) is 14.9 Å². The Hall–Kier alpha value is -2.51. The minimum absolute atomic E-state index is 0.00503. The summed E-state index contributed by atoms with van der Waals surface area (Å²) < 4.78 is 1.63. The zero-order valence-electron chi connectivity index (χ0n) is 16.3. The molecule has 2 N–H and O–H groups in total. The van der Waals surface area contributed by atoms with Crippen LogP contribution in [0.4, 0.5) is 5.69 Å². The first-order valence-corrected chi connectivity index (χ1v) is 10.3. The Morgan fingerprint density at radius 1 is 1.36 bits per heavy atom. The van der Waals surface area contributed by atoms with Crippen LogP contribution in [0.2, 0.25) is 0 Å². The number of carbonyl (C=O) groups excluding carboxylic acids is 1. The monoisotopic (exact) mass is 396 g/mol. The number of aryl methyl sites for hydroxylation is 3. The number of hydrogen-bond donors (Lipinski definition) is 2. The first-order chi connectivity index (χ1) is 13.4. The van der Waals surface area contributed by atoms with Crippen LogP contribution in [0.1, 0.15) is 32.4 Å². The van der Waals surface area contributed by atoms with Crippen LogP contribution in [0.25, 0.3) is 10.9 Å². The molecule has 7 heteroatoms. The minimum atomic E-state index is -0.133. The summed E-state index contributed by atoms with van der Waals surface area (Å²) in [6.45, 7) is 5.78. The summed E-state index contributed by atoms with van der Waals surface area (Å²) in [7, 11) is 1.76. The van der Waals surface area contributed by atoms with E-state index in [1.807, 2.05) is 31.2 Å². The molecule has 0 spiro atoms. The number of fused-ring (bicyclic) bond motifs is 1. The van der Waals surface area contributed by atoms with E-state index in [-0.39, 0.29) is 11.5 Å². The predicted octanol–water partition coefficient (Wildman–Crippen LogP) is 3.02. The maximum Gasteiger partial charge on any atom is 0.267 e. The van der Waals surface area contributed by atoms with Crippen molar-refractivity contribution in [2.45, 2.75) is 26.7 Å². The molecule has 3 aromatic rings. The quantitative estimate of drug-likeness (QED) is 0.711. The number of hydrogen-bond acceptors (Lipinski definition) is 5. The fourth-order valence-electron chi connectivity index (χ4n) is 3.80. The van der Waals surface area contributed by atoms with E-state index in [2.05, 4.69) is 15.6 Å². The summed E-state index contributed by atoms with van der Waals surface area (Å²) in [6.07, 6.45) is 2.09. The highest BCUT2D eigenvalue weighted by molar-refractivity contribution is 7.13. The normalized spacial score (nSPS) is 16.6. The predicted molar refractivity (Wildman–Crippen MR) is 113 cm³/mol. The van der Waals surface area contributed by atoms with Gasteiger partial charge in [0.25, 0.3) is 11.5 Å². The van der Waals surface area contributed by atoms with Crippen molar-refractivity contribution in [3.05, 3.63) is 55.8 Å². The number of amides is 1. The average Bonchev–Trinajstić information content (AvgIpc) is 3.29. The third kappa shape index (κ3) is 3.59. The van der Waals surface area contributed by atoms with Gasteiger partial charge in [-0.2, -0.15) is 0 Å². The number of rotatable bonds is 4. The zero-order chi connectivity index (χ0) is 19.8. The summed E-state index contributed by atoms with van der Waals surface area (Å²) in [5.41, 5.74) is 3.01. The molecule has 0 aliphatic carbocycles. The molecular weight excluding hydrogens is 372 g/mol. The molecular formula is C21H24N4O2S. The fourth-order valence-corrected chi connectivity index (χ4v) is 4.87. The highest BCUT2D eigenvalue weighted by atomic mass is 32.1. The molecule has 4 rings (SSSR count). The molecule has 0 radical (unpaired) electrons. The van der Waals surface area contributed by atoms with Crippen LogP contribution in [0, 0.1) is 19.8 Å². The van der Waals surface area contributed by atoms with Gasteiger partial charge in [-0.3, -0.25) is 9.59 Å². The van der Waals surface area contributed by atoms with Crippen LogP contribution in [0.5, 0.6) is 0 Å². The van der Waals surface area contributed by atoms with Crippen molar-refractivity contribution in [3.8, 4) is 0 Å². The smallest absolute Gasteiger partial charge is 0.267 e. The molecule has 3 heterocycles. The number of anilines is 1. The lowest BCUT2D eigenvalue weighted by Gasteiger charge is -2.09. The van der Waals surface area contributed by atoms with Gasteiger partial charge < -0.3 is 15.2 Å². The van der Waals surface area contributed by atoms with Crippen LogP contribution < -0.4 is 16.2 Å². The Labute approximate surface area is 167 Å². The summed E-state index contributed by atoms with van der Waals surface area (Å²) in [6, 6.07) is 7.46. The Morgan fingerprint density at radius 3 is 2.93 bits per heavy atom. The Bertz CT molecular complexity index is 1110. The van der Waals surface area contributed by atoms with Crippen molar-refractivity contribution in [2.75, 3.05) is 18.4 Å². The van der Waals surface area contributed by atoms with Crippen molar-refractivity contribution < 1.29 is 4.79 Å². The van der Waals surface area contributed by atoms with Crippen LogP contribution in [0.15, 0.2) is 29.1 Å². The number of thiazole rings is 1. The molecule has 1 unspecified atom stereocenters. The standard InChI is InChI=1S/C21H24N4O2S/c1-12-8-15-10-16(4-5-17(15)25(3)21(12)27)24-20(26)19-13(2)23-18(28-19)9-14-6-7-22-11-14/h4-5,8,10,14,22H,6-7,9,11H2,1-3H3,(H,24,26). The number of pyridine rings is 1. The van der Waals surface area contributed by atoms with Gasteiger partial charge in [0.15, 0.2) is 0 Å². The van der Waals surface area contributed by atoms with Gasteiger partial charge in [0.1, 0.15) is 4.88 Å². The number of aromatic nitrogens is 2. The van der Waals surface area contributed by atoms with Gasteiger partial charge in [0.05, 0.1) is 16.2 Å². The summed E-state index contributed by atoms with van der Waals surface area (Å²) in [4.78, 5) is 30.2. The molecule has 1 fully saturated rings. The van der Waals surface area contributed by atoms with E-state index in [9.17, 15) is 9.59 Å². The van der Waals surface area contributed by atoms with E-state index in [0.29, 0.717) is 22.0 Å². The first kappa shape index (κ1) is 18.8. The summed E-state index contributed by atoms with van der Waals surface area (Å²) >= 11 is 1.49. The number of nitrogens with one attached hydrogen (secondary N) is 2. The molecule has 1 atom stereocenters. The van der Waals surface area contributed by atoms with Crippen LogP contribution >= 0.6 is 11.3 Å². The third-order valence-electron chi connectivity index (χ3n) is 5.33. The molecule has 1 aliphatic heterocycles. The molecule has 6 nitrogen and oxygen atoms in total. The lowest BCUT2D eigenvalue weighted by atomic mass is 10.1. The van der Waals surface area contributed by atoms with E-state index in [0.717, 1.165) is 41.1 Å². The van der Waals surface area contributed by atoms with Gasteiger partial charge in [0, 0.05) is 30.1 Å². The van der Waals surface area contributed by atoms with E-state index in [4.69, 9.17) is 0 Å². The molecule has 0 bridgehead atoms. The summed E-state index contributed by atoms with van der Waals surface area (Å²) in [5.74, 6) is 0.475. The molecule has 1 aromatic carbocycles. The van der Waals surface area contributed by atoms with Gasteiger partial charge in [-0.1, -0.05) is 0 Å². The van der Waals surface area contributed by atoms with E-state index >= 15 is 0 Å². The number of carbonyl (C=O) groups is 1. The SMILES string of the molecule is Cc1nc(CC2CCNC2)sc1C(=O)Nc1ccc2c(c1)cc(C)c(=O)n2C. The number of nitrogens with zero attached hydrogens (tertiary/aromatic N) is 2. The second-order valence-corrected chi connectivity index (χ2v) is 8.59. The Balaban J connectivity index is 1.55. The molecule has 0 saturated carbocycles. The van der Waals surface area contributed by atoms with E-state index < -0.39 is 0 Å². The third-order valence-corrected chi connectivity index (χ3v) is 6.51. The lowest BCUT2D eigenvalue weighted by Crippen LogP contribution is -2.19. The molecule has 1 amide bonds. The highest BCUT2D eigenvalue weighted by Crippen LogP contribution is 2.25. The van der Waals surface area contributed by atoms with Crippen LogP contribution in [-0.2, 0) is 13.5 Å². The van der Waals surface area contributed by atoms with Gasteiger partial charge in [-0.05, 0) is 63.5 Å². The van der Waals surface area contributed by atoms with Gasteiger partial charge in [-0.25, -0.2) is 4.98 Å². The molecule has 1 aliphatic rings. The second kappa shape index (κ2) is 7.48. The van der Waals surface area contributed by atoms with Crippen LogP contribution in [0.3, 0.4) is 0 Å². The molecule has 28 heavy (non-hydrogen) atoms. The number of benzene rings is 1. The first-order valence-electron chi connectivity index (χ1n) is 9.51. The van der Waals surface area contributed by atoms with Crippen molar-refractivity contribution in [3.63, 3.8) is 0 Å². The largest absolute Gasteiger partial charge is 0.321 e. The average molecular weight is 397 g/mol. The van der Waals surface area contributed by atoms with E-state index in [1.165, 1.54) is 17.8 Å². The van der Waals surface area contributed by atoms with Crippen molar-refractivity contribution in [1.29, 1.82) is 0 Å². The van der Waals surface area contributed by atoms with Crippen LogP contribution in [-0.4, -0.2) is 28.5 Å². The van der Waals surface area contributed by atoms with Gasteiger partial charge in [0.2, 0.25) is 0 Å². The maximum absolute atomic E-state index is 12.8. The minimum Gasteiger partial charge on any atom is -0.321 e. The topological polar surface area (TPSA) is 76.0 Å². The fraction of sp³-hybridized carbons (Fsp3) is 0.381. The molecule has 1 saturated heterocycles. The second-order valence-electron chi connectivity index (χ2n) is 7.50. The maximum atomic E-state index is 12.8. The van der Waals surface area contributed by atoms with Gasteiger partial charge in [-0.15, -0.1) is 11.3 Å². The lowest BCUT2D eigenvalue weighted by molar-refractivity contribution is 0.103. The molecule has 146 valence electrons. The summed E-state index contributed by atoms with van der Waals surface area (Å²) in [5, 5.41) is 8.31. The van der Waals surface area contributed by atoms with Gasteiger partial charge >= 0.3 is 0 Å². The highest BCUT2D eigenvalue weighted by Gasteiger charge is 2.20. The molecule has 2 aromatic heterocycles. The van der Waals surface area contributed by atoms with Crippen molar-refractivity contribution >= 4 is 33.8 Å². The van der Waals surface area contributed by atoms with Crippen molar-refractivity contribution in [2.24, 2.45) is 13.0 Å². The zero-order valence-corrected chi connectivity index (χ0v) is 17.2. The Morgan fingerprint density at radius 2 is 2.18 bits per heavy atom. The van der Waals surface area contributed by atoms with E-state index in [1.54, 1.807) is 18.5 Å². The Kier molecular flexibility index (Phi) is 5.03.